The second-order valence-corrected chi connectivity index (χ2v) is 6.78. The largest absolute Gasteiger partial charge is 0.0921 e. The van der Waals surface area contributed by atoms with Crippen LogP contribution < -0.4 is 0 Å². The van der Waals surface area contributed by atoms with E-state index in [1.807, 2.05) is 0 Å². The van der Waals surface area contributed by atoms with Crippen LogP contribution in [0.25, 0.3) is 0 Å². The van der Waals surface area contributed by atoms with Gasteiger partial charge >= 0.3 is 0 Å². The maximum atomic E-state index is 3.67. The van der Waals surface area contributed by atoms with Gasteiger partial charge in [0.15, 0.2) is 0 Å². The lowest BCUT2D eigenvalue weighted by Gasteiger charge is -2.16. The summed E-state index contributed by atoms with van der Waals surface area (Å²) >= 11 is 7.34. The molecule has 1 unspecified atom stereocenters. The molecule has 19 heavy (non-hydrogen) atoms. The number of benzene rings is 1. The van der Waals surface area contributed by atoms with Gasteiger partial charge in [-0.15, -0.1) is 0 Å². The monoisotopic (exact) mass is 388 g/mol. The van der Waals surface area contributed by atoms with Gasteiger partial charge in [-0.2, -0.15) is 0 Å². The van der Waals surface area contributed by atoms with Crippen molar-refractivity contribution < 1.29 is 0 Å². The molecule has 0 aliphatic rings. The van der Waals surface area contributed by atoms with Gasteiger partial charge in [-0.05, 0) is 24.0 Å². The normalized spacial score (nSPS) is 12.6. The number of hydrogen-bond acceptors (Lipinski definition) is 0. The molecule has 108 valence electrons. The topological polar surface area (TPSA) is 0 Å². The van der Waals surface area contributed by atoms with E-state index in [-0.39, 0.29) is 0 Å². The summed E-state index contributed by atoms with van der Waals surface area (Å²) in [6.07, 6.45) is 11.0. The van der Waals surface area contributed by atoms with E-state index in [4.69, 9.17) is 0 Å². The van der Waals surface area contributed by atoms with Crippen molar-refractivity contribution in [2.24, 2.45) is 0 Å². The number of rotatable bonds is 10. The number of unbranched alkanes of at least 4 members (excludes halogenated alkanes) is 6. The molecule has 1 aromatic carbocycles. The van der Waals surface area contributed by atoms with Crippen LogP contribution in [0.1, 0.15) is 69.8 Å². The van der Waals surface area contributed by atoms with E-state index in [2.05, 4.69) is 63.0 Å². The van der Waals surface area contributed by atoms with E-state index < -0.39 is 0 Å². The molecular formula is C17H26Br2. The van der Waals surface area contributed by atoms with Crippen LogP contribution in [0.2, 0.25) is 0 Å². The minimum atomic E-state index is 0.645. The van der Waals surface area contributed by atoms with Gasteiger partial charge in [0, 0.05) is 9.80 Å². The number of hydrogen-bond donors (Lipinski definition) is 0. The van der Waals surface area contributed by atoms with Crippen LogP contribution in [-0.2, 0) is 0 Å². The quantitative estimate of drug-likeness (QED) is 0.296. The van der Waals surface area contributed by atoms with Crippen molar-refractivity contribution >= 4 is 31.9 Å². The smallest absolute Gasteiger partial charge is 0.0210 e. The summed E-state index contributed by atoms with van der Waals surface area (Å²) in [5, 5.41) is 1.06. The predicted octanol–water partition coefficient (Wildman–Crippen LogP) is 7.07. The maximum absolute atomic E-state index is 3.67. The van der Waals surface area contributed by atoms with Crippen LogP contribution in [0.4, 0.5) is 0 Å². The Bertz CT molecular complexity index is 336. The van der Waals surface area contributed by atoms with E-state index in [1.165, 1.54) is 61.4 Å². The molecule has 0 radical (unpaired) electrons. The van der Waals surface area contributed by atoms with Crippen molar-refractivity contribution in [2.45, 2.75) is 64.2 Å². The third-order valence-corrected chi connectivity index (χ3v) is 5.19. The Morgan fingerprint density at radius 2 is 1.58 bits per heavy atom. The second kappa shape index (κ2) is 10.9. The fraction of sp³-hybridized carbons (Fsp3) is 0.647. The van der Waals surface area contributed by atoms with Crippen LogP contribution in [0, 0.1) is 0 Å². The average Bonchev–Trinajstić information content (AvgIpc) is 2.43. The number of halogens is 2. The molecule has 0 nitrogen and oxygen atoms in total. The molecular weight excluding hydrogens is 364 g/mol. The molecule has 0 aliphatic heterocycles. The van der Waals surface area contributed by atoms with Crippen LogP contribution >= 0.6 is 31.9 Å². The van der Waals surface area contributed by atoms with Crippen LogP contribution in [-0.4, -0.2) is 5.33 Å². The Morgan fingerprint density at radius 1 is 0.947 bits per heavy atom. The Labute approximate surface area is 135 Å². The number of alkyl halides is 1. The molecule has 0 heterocycles. The zero-order valence-corrected chi connectivity index (χ0v) is 15.2. The van der Waals surface area contributed by atoms with E-state index in [0.717, 1.165) is 5.33 Å². The highest BCUT2D eigenvalue weighted by molar-refractivity contribution is 9.10. The summed E-state index contributed by atoms with van der Waals surface area (Å²) in [6.45, 7) is 2.28. The lowest BCUT2D eigenvalue weighted by Crippen LogP contribution is -2.01. The van der Waals surface area contributed by atoms with E-state index in [1.54, 1.807) is 0 Å². The van der Waals surface area contributed by atoms with Gasteiger partial charge in [-0.25, -0.2) is 0 Å². The molecule has 0 N–H and O–H groups in total. The molecule has 0 spiro atoms. The highest BCUT2D eigenvalue weighted by atomic mass is 79.9. The standard InChI is InChI=1S/C17H26Br2/c1-2-3-4-5-6-7-8-11-15(14-18)16-12-9-10-13-17(16)19/h9-10,12-13,15H,2-8,11,14H2,1H3. The van der Waals surface area contributed by atoms with Gasteiger partial charge in [0.05, 0.1) is 0 Å². The van der Waals surface area contributed by atoms with Crippen molar-refractivity contribution in [3.63, 3.8) is 0 Å². The first kappa shape index (κ1) is 17.2. The lowest BCUT2D eigenvalue weighted by atomic mass is 9.94. The zero-order chi connectivity index (χ0) is 13.9. The van der Waals surface area contributed by atoms with Crippen molar-refractivity contribution in [1.82, 2.24) is 0 Å². The molecule has 1 rings (SSSR count). The highest BCUT2D eigenvalue weighted by Crippen LogP contribution is 2.30. The molecule has 0 saturated carbocycles. The van der Waals surface area contributed by atoms with Gasteiger partial charge in [-0.1, -0.05) is 102 Å². The molecule has 0 bridgehead atoms. The van der Waals surface area contributed by atoms with Crippen molar-refractivity contribution in [3.8, 4) is 0 Å². The Kier molecular flexibility index (Phi) is 9.89. The third kappa shape index (κ3) is 6.94. The molecule has 0 fully saturated rings. The van der Waals surface area contributed by atoms with E-state index in [9.17, 15) is 0 Å². The molecule has 2 heteroatoms. The Morgan fingerprint density at radius 3 is 2.21 bits per heavy atom. The fourth-order valence-electron chi connectivity index (χ4n) is 2.47. The first-order valence-corrected chi connectivity index (χ1v) is 9.51. The summed E-state index contributed by atoms with van der Waals surface area (Å²) in [5.74, 6) is 0.645. The first-order chi connectivity index (χ1) is 9.29. The molecule has 0 aliphatic carbocycles. The first-order valence-electron chi connectivity index (χ1n) is 7.60. The van der Waals surface area contributed by atoms with Gasteiger partial charge in [0.1, 0.15) is 0 Å². The average molecular weight is 390 g/mol. The van der Waals surface area contributed by atoms with Gasteiger partial charge in [-0.3, -0.25) is 0 Å². The minimum Gasteiger partial charge on any atom is -0.0921 e. The molecule has 0 saturated heterocycles. The van der Waals surface area contributed by atoms with Crippen molar-refractivity contribution in [2.75, 3.05) is 5.33 Å². The van der Waals surface area contributed by atoms with E-state index in [0.29, 0.717) is 5.92 Å². The zero-order valence-electron chi connectivity index (χ0n) is 12.0. The SMILES string of the molecule is CCCCCCCCCC(CBr)c1ccccc1Br. The summed E-state index contributed by atoms with van der Waals surface area (Å²) in [7, 11) is 0. The van der Waals surface area contributed by atoms with E-state index >= 15 is 0 Å². The minimum absolute atomic E-state index is 0.645. The van der Waals surface area contributed by atoms with Crippen molar-refractivity contribution in [3.05, 3.63) is 34.3 Å². The van der Waals surface area contributed by atoms with Crippen LogP contribution in [0.5, 0.6) is 0 Å². The summed E-state index contributed by atoms with van der Waals surface area (Å²) in [6, 6.07) is 8.63. The maximum Gasteiger partial charge on any atom is 0.0210 e. The van der Waals surface area contributed by atoms with Gasteiger partial charge in [0.25, 0.3) is 0 Å². The fourth-order valence-corrected chi connectivity index (χ4v) is 3.75. The third-order valence-electron chi connectivity index (χ3n) is 3.69. The van der Waals surface area contributed by atoms with Gasteiger partial charge in [0.2, 0.25) is 0 Å². The Hall–Kier alpha value is 0.180. The van der Waals surface area contributed by atoms with Gasteiger partial charge < -0.3 is 0 Å². The van der Waals surface area contributed by atoms with Crippen LogP contribution in [0.15, 0.2) is 28.7 Å². The summed E-state index contributed by atoms with van der Waals surface area (Å²) in [5.41, 5.74) is 1.45. The molecule has 0 aromatic heterocycles. The summed E-state index contributed by atoms with van der Waals surface area (Å²) < 4.78 is 1.25. The van der Waals surface area contributed by atoms with Crippen LogP contribution in [0.3, 0.4) is 0 Å². The molecule has 1 aromatic rings. The predicted molar refractivity (Wildman–Crippen MR) is 93.3 cm³/mol. The Balaban J connectivity index is 2.24. The lowest BCUT2D eigenvalue weighted by molar-refractivity contribution is 0.552. The van der Waals surface area contributed by atoms with Crippen molar-refractivity contribution in [1.29, 1.82) is 0 Å². The molecule has 0 amide bonds. The second-order valence-electron chi connectivity index (χ2n) is 5.28. The highest BCUT2D eigenvalue weighted by Gasteiger charge is 2.12. The summed E-state index contributed by atoms with van der Waals surface area (Å²) in [4.78, 5) is 0. The molecule has 1 atom stereocenters.